The second-order valence-corrected chi connectivity index (χ2v) is 8.43. The molecule has 1 N–H and O–H groups in total. The number of aryl methyl sites for hydroxylation is 1. The number of carbonyl (C=O) groups is 2. The zero-order valence-corrected chi connectivity index (χ0v) is 18.2. The Hall–Kier alpha value is -3.64. The lowest BCUT2D eigenvalue weighted by Crippen LogP contribution is -2.28. The number of hydrogen-bond acceptors (Lipinski definition) is 3. The number of imidazole rings is 1. The number of pyridine rings is 1. The van der Waals surface area contributed by atoms with Crippen LogP contribution in [0.25, 0.3) is 16.9 Å². The van der Waals surface area contributed by atoms with Crippen LogP contribution in [0.4, 0.5) is 11.4 Å². The van der Waals surface area contributed by atoms with E-state index < -0.39 is 5.92 Å². The molecule has 1 fully saturated rings. The standard InChI is InChI=1S/C25H21ClN4O2/c1-16-5-6-17(22-15-29-11-3-2-4-23(29)27-22)12-21(16)28-25(32)18-13-24(31)30(14-18)20-9-7-19(26)8-10-20/h2-12,15,18H,13-14H2,1H3,(H,28,32)/t18-/m0/s1. The predicted molar refractivity (Wildman–Crippen MR) is 126 cm³/mol. The van der Waals surface area contributed by atoms with Crippen LogP contribution in [-0.2, 0) is 9.59 Å². The Morgan fingerprint density at radius 2 is 1.94 bits per heavy atom. The molecule has 3 heterocycles. The lowest BCUT2D eigenvalue weighted by atomic mass is 10.1. The molecule has 1 atom stereocenters. The summed E-state index contributed by atoms with van der Waals surface area (Å²) < 4.78 is 1.96. The van der Waals surface area contributed by atoms with Gasteiger partial charge in [-0.3, -0.25) is 9.59 Å². The Kier molecular flexibility index (Phi) is 5.15. The predicted octanol–water partition coefficient (Wildman–Crippen LogP) is 4.95. The first-order valence-electron chi connectivity index (χ1n) is 10.4. The average Bonchev–Trinajstić information content (AvgIpc) is 3.39. The van der Waals surface area contributed by atoms with Gasteiger partial charge >= 0.3 is 0 Å². The van der Waals surface area contributed by atoms with Gasteiger partial charge in [-0.2, -0.15) is 0 Å². The van der Waals surface area contributed by atoms with Crippen molar-refractivity contribution in [3.05, 3.63) is 83.6 Å². The van der Waals surface area contributed by atoms with Gasteiger partial charge in [0.1, 0.15) is 5.65 Å². The molecule has 2 amide bonds. The molecule has 1 aliphatic heterocycles. The van der Waals surface area contributed by atoms with E-state index in [-0.39, 0.29) is 18.2 Å². The number of amides is 2. The molecule has 0 saturated carbocycles. The van der Waals surface area contributed by atoms with Crippen LogP contribution >= 0.6 is 11.6 Å². The van der Waals surface area contributed by atoms with Crippen molar-refractivity contribution in [1.29, 1.82) is 0 Å². The van der Waals surface area contributed by atoms with Gasteiger partial charge in [-0.05, 0) is 55.0 Å². The van der Waals surface area contributed by atoms with Crippen LogP contribution in [0.5, 0.6) is 0 Å². The van der Waals surface area contributed by atoms with Crippen LogP contribution in [0.2, 0.25) is 5.02 Å². The number of fused-ring (bicyclic) bond motifs is 1. The molecule has 32 heavy (non-hydrogen) atoms. The number of benzene rings is 2. The number of rotatable bonds is 4. The van der Waals surface area contributed by atoms with Gasteiger partial charge in [-0.15, -0.1) is 0 Å². The Labute approximate surface area is 190 Å². The van der Waals surface area contributed by atoms with Crippen molar-refractivity contribution in [2.24, 2.45) is 5.92 Å². The third kappa shape index (κ3) is 3.85. The van der Waals surface area contributed by atoms with Gasteiger partial charge in [0.2, 0.25) is 11.8 Å². The summed E-state index contributed by atoms with van der Waals surface area (Å²) in [6, 6.07) is 18.8. The number of halogens is 1. The van der Waals surface area contributed by atoms with Crippen molar-refractivity contribution >= 4 is 40.4 Å². The second kappa shape index (κ2) is 8.13. The summed E-state index contributed by atoms with van der Waals surface area (Å²) >= 11 is 5.95. The average molecular weight is 445 g/mol. The zero-order chi connectivity index (χ0) is 22.2. The van der Waals surface area contributed by atoms with Crippen molar-refractivity contribution in [3.8, 4) is 11.3 Å². The Morgan fingerprint density at radius 3 is 2.72 bits per heavy atom. The molecule has 0 spiro atoms. The summed E-state index contributed by atoms with van der Waals surface area (Å²) in [5.41, 5.74) is 5.03. The van der Waals surface area contributed by atoms with Crippen molar-refractivity contribution in [3.63, 3.8) is 0 Å². The van der Waals surface area contributed by atoms with Crippen LogP contribution in [-0.4, -0.2) is 27.7 Å². The molecule has 0 unspecified atom stereocenters. The van der Waals surface area contributed by atoms with Crippen molar-refractivity contribution < 1.29 is 9.59 Å². The molecule has 1 saturated heterocycles. The third-order valence-corrected chi connectivity index (χ3v) is 6.04. The van der Waals surface area contributed by atoms with Gasteiger partial charge in [0.15, 0.2) is 0 Å². The highest BCUT2D eigenvalue weighted by molar-refractivity contribution is 6.30. The third-order valence-electron chi connectivity index (χ3n) is 5.79. The van der Waals surface area contributed by atoms with Crippen molar-refractivity contribution in [2.45, 2.75) is 13.3 Å². The normalized spacial score (nSPS) is 16.0. The molecule has 2 aromatic heterocycles. The van der Waals surface area contributed by atoms with E-state index in [0.29, 0.717) is 11.6 Å². The number of nitrogens with one attached hydrogen (secondary N) is 1. The molecule has 7 heteroatoms. The van der Waals surface area contributed by atoms with Gasteiger partial charge in [0.25, 0.3) is 0 Å². The van der Waals surface area contributed by atoms with E-state index in [0.717, 1.165) is 33.8 Å². The molecule has 1 aliphatic rings. The SMILES string of the molecule is Cc1ccc(-c2cn3ccccc3n2)cc1NC(=O)[C@H]1CC(=O)N(c2ccc(Cl)cc2)C1. The minimum Gasteiger partial charge on any atom is -0.326 e. The maximum absolute atomic E-state index is 13.0. The van der Waals surface area contributed by atoms with Crippen LogP contribution in [0, 0.1) is 12.8 Å². The molecular formula is C25H21ClN4O2. The summed E-state index contributed by atoms with van der Waals surface area (Å²) in [5, 5.41) is 3.63. The first-order chi connectivity index (χ1) is 15.5. The maximum Gasteiger partial charge on any atom is 0.229 e. The lowest BCUT2D eigenvalue weighted by molar-refractivity contribution is -0.122. The minimum absolute atomic E-state index is 0.0670. The molecule has 2 aromatic carbocycles. The summed E-state index contributed by atoms with van der Waals surface area (Å²) in [6.45, 7) is 2.29. The molecule has 0 bridgehead atoms. The van der Waals surface area contributed by atoms with E-state index >= 15 is 0 Å². The maximum atomic E-state index is 13.0. The van der Waals surface area contributed by atoms with Gasteiger partial charge in [-0.1, -0.05) is 29.8 Å². The lowest BCUT2D eigenvalue weighted by Gasteiger charge is -2.17. The number of nitrogens with zero attached hydrogens (tertiary/aromatic N) is 3. The topological polar surface area (TPSA) is 66.7 Å². The first kappa shape index (κ1) is 20.3. The summed E-state index contributed by atoms with van der Waals surface area (Å²) in [4.78, 5) is 31.8. The quantitative estimate of drug-likeness (QED) is 0.484. The Morgan fingerprint density at radius 1 is 1.12 bits per heavy atom. The van der Waals surface area contributed by atoms with Crippen LogP contribution in [0.3, 0.4) is 0 Å². The fourth-order valence-electron chi connectivity index (χ4n) is 3.98. The monoisotopic (exact) mass is 444 g/mol. The molecule has 4 aromatic rings. The number of carbonyl (C=O) groups excluding carboxylic acids is 2. The Bertz CT molecular complexity index is 1300. The second-order valence-electron chi connectivity index (χ2n) is 7.99. The molecule has 5 rings (SSSR count). The highest BCUT2D eigenvalue weighted by atomic mass is 35.5. The fourth-order valence-corrected chi connectivity index (χ4v) is 4.10. The van der Waals surface area contributed by atoms with Crippen LogP contribution in [0.1, 0.15) is 12.0 Å². The molecule has 6 nitrogen and oxygen atoms in total. The highest BCUT2D eigenvalue weighted by Gasteiger charge is 2.35. The molecule has 160 valence electrons. The number of aromatic nitrogens is 2. The highest BCUT2D eigenvalue weighted by Crippen LogP contribution is 2.29. The van der Waals surface area contributed by atoms with Crippen molar-refractivity contribution in [1.82, 2.24) is 9.38 Å². The minimum atomic E-state index is -0.420. The van der Waals surface area contributed by atoms with E-state index in [1.165, 1.54) is 0 Å². The van der Waals surface area contributed by atoms with Crippen LogP contribution in [0.15, 0.2) is 73.1 Å². The van der Waals surface area contributed by atoms with E-state index in [9.17, 15) is 9.59 Å². The van der Waals surface area contributed by atoms with Gasteiger partial charge in [0, 0.05) is 47.3 Å². The first-order valence-corrected chi connectivity index (χ1v) is 10.8. The fraction of sp³-hybridized carbons (Fsp3) is 0.160. The van der Waals surface area contributed by atoms with Gasteiger partial charge in [0.05, 0.1) is 11.6 Å². The van der Waals surface area contributed by atoms with Gasteiger partial charge < -0.3 is 14.6 Å². The molecular weight excluding hydrogens is 424 g/mol. The van der Waals surface area contributed by atoms with E-state index in [2.05, 4.69) is 10.3 Å². The van der Waals surface area contributed by atoms with Gasteiger partial charge in [-0.25, -0.2) is 4.98 Å². The summed E-state index contributed by atoms with van der Waals surface area (Å²) in [7, 11) is 0. The molecule has 0 aliphatic carbocycles. The van der Waals surface area contributed by atoms with E-state index in [1.807, 2.05) is 60.1 Å². The largest absolute Gasteiger partial charge is 0.326 e. The summed E-state index contributed by atoms with van der Waals surface area (Å²) in [5.74, 6) is -0.649. The number of hydrogen-bond donors (Lipinski definition) is 1. The number of anilines is 2. The van der Waals surface area contributed by atoms with Crippen LogP contribution < -0.4 is 10.2 Å². The Balaban J connectivity index is 1.34. The van der Waals surface area contributed by atoms with E-state index in [1.54, 1.807) is 29.2 Å². The smallest absolute Gasteiger partial charge is 0.229 e. The van der Waals surface area contributed by atoms with E-state index in [4.69, 9.17) is 11.6 Å². The zero-order valence-electron chi connectivity index (χ0n) is 17.5. The molecule has 0 radical (unpaired) electrons. The van der Waals surface area contributed by atoms with Crippen molar-refractivity contribution in [2.75, 3.05) is 16.8 Å². The summed E-state index contributed by atoms with van der Waals surface area (Å²) in [6.07, 6.45) is 4.09.